The summed E-state index contributed by atoms with van der Waals surface area (Å²) in [7, 11) is -3.38. The number of aromatic nitrogens is 4. The number of halogens is 4. The lowest BCUT2D eigenvalue weighted by molar-refractivity contribution is -0.107. The van der Waals surface area contributed by atoms with Gasteiger partial charge in [-0.05, 0) is 71.1 Å². The lowest BCUT2D eigenvalue weighted by atomic mass is 10.0. The van der Waals surface area contributed by atoms with E-state index in [4.69, 9.17) is 18.9 Å². The number of carbonyl (C=O) groups excluding carboxylic acids is 1. The van der Waals surface area contributed by atoms with Crippen molar-refractivity contribution in [2.45, 2.75) is 38.3 Å². The van der Waals surface area contributed by atoms with E-state index in [1.165, 1.54) is 56.3 Å². The van der Waals surface area contributed by atoms with E-state index in [0.717, 1.165) is 34.6 Å². The minimum absolute atomic E-state index is 0.0243. The van der Waals surface area contributed by atoms with Gasteiger partial charge in [-0.25, -0.2) is 49.2 Å². The zero-order chi connectivity index (χ0) is 49.5. The summed E-state index contributed by atoms with van der Waals surface area (Å²) < 4.78 is 132. The van der Waals surface area contributed by atoms with E-state index in [-0.39, 0.29) is 65.6 Å². The quantitative estimate of drug-likeness (QED) is 0.0572. The third-order valence-corrected chi connectivity index (χ3v) is 12.7. The highest BCUT2D eigenvalue weighted by Crippen LogP contribution is 2.38. The Labute approximate surface area is 390 Å². The molecule has 6 rings (SSSR count). The molecule has 3 aromatic heterocycles. The van der Waals surface area contributed by atoms with Crippen LogP contribution >= 0.6 is 0 Å². The highest BCUT2D eigenvalue weighted by molar-refractivity contribution is 7.90. The molecule has 0 aliphatic carbocycles. The molecule has 364 valence electrons. The van der Waals surface area contributed by atoms with Crippen LogP contribution in [0.5, 0.6) is 23.0 Å². The molecule has 0 saturated heterocycles. The van der Waals surface area contributed by atoms with Crippen LogP contribution in [0.15, 0.2) is 83.9 Å². The molecule has 3 heterocycles. The molecule has 22 heteroatoms. The van der Waals surface area contributed by atoms with Crippen molar-refractivity contribution < 1.29 is 58.1 Å². The van der Waals surface area contributed by atoms with Crippen LogP contribution in [0, 0.1) is 11.6 Å². The third-order valence-electron chi connectivity index (χ3n) is 10.9. The zero-order valence-electron chi connectivity index (χ0n) is 37.9. The number of nitrogens with one attached hydrogen (secondary N) is 1. The molecule has 0 radical (unpaired) electrons. The van der Waals surface area contributed by atoms with Crippen LogP contribution in [0.2, 0.25) is 0 Å². The number of aromatic amines is 1. The van der Waals surface area contributed by atoms with E-state index in [0.29, 0.717) is 40.3 Å². The number of nitrogens with zero attached hydrogens (tertiary/aromatic N) is 5. The normalized spacial score (nSPS) is 12.8. The van der Waals surface area contributed by atoms with Gasteiger partial charge in [0.05, 0.1) is 75.0 Å². The van der Waals surface area contributed by atoms with Gasteiger partial charge in [0.15, 0.2) is 34.5 Å². The van der Waals surface area contributed by atoms with Crippen molar-refractivity contribution in [3.8, 4) is 23.0 Å². The number of amides is 1. The highest BCUT2D eigenvalue weighted by Gasteiger charge is 2.31. The first-order chi connectivity index (χ1) is 32.2. The molecule has 0 saturated carbocycles. The van der Waals surface area contributed by atoms with Crippen LogP contribution < -0.4 is 34.4 Å². The summed E-state index contributed by atoms with van der Waals surface area (Å²) in [6, 6.07) is 14.2. The molecule has 68 heavy (non-hydrogen) atoms. The van der Waals surface area contributed by atoms with Gasteiger partial charge in [0.2, 0.25) is 6.41 Å². The second-order valence-electron chi connectivity index (χ2n) is 15.9. The van der Waals surface area contributed by atoms with Crippen molar-refractivity contribution in [3.05, 3.63) is 129 Å². The zero-order valence-corrected chi connectivity index (χ0v) is 39.5. The van der Waals surface area contributed by atoms with Crippen LogP contribution in [0.25, 0.3) is 11.2 Å². The van der Waals surface area contributed by atoms with Gasteiger partial charge in [-0.1, -0.05) is 24.3 Å². The summed E-state index contributed by atoms with van der Waals surface area (Å²) in [6.45, 7) is 1.24. The van der Waals surface area contributed by atoms with Gasteiger partial charge in [-0.3, -0.25) is 14.3 Å². The molecule has 6 aromatic rings. The molecule has 1 N–H and O–H groups in total. The van der Waals surface area contributed by atoms with Gasteiger partial charge in [0.1, 0.15) is 31.3 Å². The smallest absolute Gasteiger partial charge is 0.328 e. The molecular weight excluding hydrogens is 937 g/mol. The fourth-order valence-corrected chi connectivity index (χ4v) is 9.61. The molecule has 2 unspecified atom stereocenters. The Morgan fingerprint density at radius 2 is 1.49 bits per heavy atom. The van der Waals surface area contributed by atoms with Crippen molar-refractivity contribution >= 4 is 48.8 Å². The number of hydrogen-bond donors (Lipinski definition) is 1. The van der Waals surface area contributed by atoms with Crippen molar-refractivity contribution in [2.24, 2.45) is 0 Å². The predicted molar refractivity (Wildman–Crippen MR) is 248 cm³/mol. The minimum atomic E-state index is -3.83. The van der Waals surface area contributed by atoms with Gasteiger partial charge in [0.25, 0.3) is 6.43 Å². The average Bonchev–Trinajstić information content (AvgIpc) is 3.62. The molecule has 16 nitrogen and oxygen atoms in total. The van der Waals surface area contributed by atoms with Crippen LogP contribution in [0.3, 0.4) is 0 Å². The molecule has 3 aromatic carbocycles. The molecule has 1 amide bonds. The Kier molecular flexibility index (Phi) is 16.1. The van der Waals surface area contributed by atoms with Crippen LogP contribution in [-0.2, 0) is 37.3 Å². The number of methoxy groups -OCH3 is 2. The maximum Gasteiger partial charge on any atom is 0.328 e. The van der Waals surface area contributed by atoms with E-state index in [1.54, 1.807) is 43.3 Å². The molecular formula is C46H50F4N6O10S2. The predicted octanol–water partition coefficient (Wildman–Crippen LogP) is 6.11. The summed E-state index contributed by atoms with van der Waals surface area (Å²) in [5, 5.41) is 0. The second-order valence-corrected chi connectivity index (χ2v) is 20.3. The SMILES string of the molecule is CCOc1cc(C(CS(C)(=O)=O)n2c(=O)[nH]c3c(Cc4ccc(CCOc5cc(C(CS(C)(=O)=O)N(C=O)c6ncc(F)cc6N(C)CC(F)F)ccc5OC)cc4F)ccnc32)ccc1OC. The molecule has 0 spiro atoms. The number of fused-ring (bicyclic) bond motifs is 1. The summed E-state index contributed by atoms with van der Waals surface area (Å²) in [4.78, 5) is 39.5. The number of anilines is 2. The Bertz CT molecular complexity index is 3060. The van der Waals surface area contributed by atoms with E-state index in [9.17, 15) is 39.6 Å². The summed E-state index contributed by atoms with van der Waals surface area (Å²) in [5.74, 6) is -1.61. The van der Waals surface area contributed by atoms with Crippen molar-refractivity contribution in [3.63, 3.8) is 0 Å². The Balaban J connectivity index is 1.24. The third kappa shape index (κ3) is 12.3. The van der Waals surface area contributed by atoms with Crippen molar-refractivity contribution in [2.75, 3.05) is 74.8 Å². The van der Waals surface area contributed by atoms with Crippen LogP contribution in [-0.4, -0.2) is 114 Å². The van der Waals surface area contributed by atoms with E-state index < -0.39 is 73.6 Å². The topological polar surface area (TPSA) is 192 Å². The molecule has 0 bridgehead atoms. The van der Waals surface area contributed by atoms with Gasteiger partial charge in [0, 0.05) is 44.7 Å². The standard InChI is InChI=1S/C46H50F4N6O10S2/c1-7-65-40-21-31(11-13-38(40)63-3)37(26-68(6,61)62)56-45-43(53-46(56)58)32(14-16-51-45)19-29-9-8-28(18-34(29)48)15-17-66-41-20-30(10-12-39(41)64-4)36(25-67(5,59)60)55(27-57)44-35(22-33(47)23-52-44)54(2)24-42(49)50/h8-14,16,18,20-23,27,36-37,42H,7,15,17,19,24-26H2,1-6H3,(H,53,58). The fraction of sp³-hybridized carbons (Fsp3) is 0.348. The monoisotopic (exact) mass is 986 g/mol. The number of pyridine rings is 2. The number of carbonyl (C=O) groups is 1. The highest BCUT2D eigenvalue weighted by atomic mass is 32.2. The summed E-state index contributed by atoms with van der Waals surface area (Å²) >= 11 is 0. The van der Waals surface area contributed by atoms with Gasteiger partial charge in [-0.2, -0.15) is 0 Å². The number of ether oxygens (including phenoxy) is 4. The maximum absolute atomic E-state index is 15.9. The van der Waals surface area contributed by atoms with Crippen LogP contribution in [0.4, 0.5) is 29.1 Å². The number of H-pyrrole nitrogens is 1. The Morgan fingerprint density at radius 1 is 0.824 bits per heavy atom. The summed E-state index contributed by atoms with van der Waals surface area (Å²) in [5.41, 5.74) is 1.69. The number of alkyl halides is 2. The van der Waals surface area contributed by atoms with E-state index in [1.807, 2.05) is 0 Å². The van der Waals surface area contributed by atoms with Crippen LogP contribution in [0.1, 0.15) is 46.8 Å². The van der Waals surface area contributed by atoms with Crippen molar-refractivity contribution in [1.82, 2.24) is 19.5 Å². The number of benzene rings is 3. The largest absolute Gasteiger partial charge is 0.493 e. The average molecular weight is 987 g/mol. The second kappa shape index (κ2) is 21.5. The first-order valence-corrected chi connectivity index (χ1v) is 25.1. The van der Waals surface area contributed by atoms with Crippen molar-refractivity contribution in [1.29, 1.82) is 0 Å². The van der Waals surface area contributed by atoms with Gasteiger partial charge in [-0.15, -0.1) is 0 Å². The number of sulfone groups is 2. The van der Waals surface area contributed by atoms with E-state index in [2.05, 4.69) is 15.0 Å². The molecule has 0 fully saturated rings. The van der Waals surface area contributed by atoms with Gasteiger partial charge >= 0.3 is 5.69 Å². The first-order valence-electron chi connectivity index (χ1n) is 20.9. The minimum Gasteiger partial charge on any atom is -0.493 e. The Morgan fingerprint density at radius 3 is 2.10 bits per heavy atom. The first kappa shape index (κ1) is 50.7. The van der Waals surface area contributed by atoms with Gasteiger partial charge < -0.3 is 28.8 Å². The Hall–Kier alpha value is -6.68. The molecule has 2 atom stereocenters. The maximum atomic E-state index is 15.9. The molecule has 0 aliphatic rings. The lowest BCUT2D eigenvalue weighted by Crippen LogP contribution is -2.35. The number of imidazole rings is 1. The molecule has 0 aliphatic heterocycles. The lowest BCUT2D eigenvalue weighted by Gasteiger charge is -2.31. The van der Waals surface area contributed by atoms with E-state index >= 15 is 4.39 Å². The fourth-order valence-electron chi connectivity index (χ4n) is 7.77. The number of rotatable bonds is 23. The summed E-state index contributed by atoms with van der Waals surface area (Å²) in [6.07, 6.45) is 1.93. The number of hydrogen-bond acceptors (Lipinski definition) is 13.